The van der Waals surface area contributed by atoms with Crippen LogP contribution < -0.4 is 5.32 Å². The van der Waals surface area contributed by atoms with Crippen LogP contribution in [-0.4, -0.2) is 56.6 Å². The van der Waals surface area contributed by atoms with Crippen molar-refractivity contribution in [3.63, 3.8) is 0 Å². The number of sulfone groups is 1. The van der Waals surface area contributed by atoms with Gasteiger partial charge < -0.3 is 10.2 Å². The third kappa shape index (κ3) is 5.84. The highest BCUT2D eigenvalue weighted by Crippen LogP contribution is 2.54. The molecule has 0 unspecified atom stereocenters. The number of nitrogens with zero attached hydrogens (tertiary/aromatic N) is 1. The van der Waals surface area contributed by atoms with Gasteiger partial charge in [-0.15, -0.1) is 0 Å². The summed E-state index contributed by atoms with van der Waals surface area (Å²) in [5.74, 6) is -1.72. The van der Waals surface area contributed by atoms with E-state index in [2.05, 4.69) is 5.32 Å². The Kier molecular flexibility index (Phi) is 8.63. The van der Waals surface area contributed by atoms with Crippen LogP contribution in [0, 0.1) is 11.7 Å². The molecule has 6 nitrogen and oxygen atoms in total. The molecule has 0 bridgehead atoms. The van der Waals surface area contributed by atoms with Crippen LogP contribution in [0.3, 0.4) is 0 Å². The first-order valence-electron chi connectivity index (χ1n) is 13.3. The summed E-state index contributed by atoms with van der Waals surface area (Å²) in [6, 6.07) is 4.92. The standard InChI is InChI=1S/C28H28F8N2O4S/c1-17(39)38-14-11-18(12-15-38)24(40)37-22-10-13-25(16-22,43(41,42)23-8-6-21(29)7-9-23)19-2-4-20(5-3-19)26(30,27(31,32)33)28(34,35)36/h2-9,18,22H,10-16H2,1H3,(H,37,40)/t22-,25+/m1/s1. The fourth-order valence-electron chi connectivity index (χ4n) is 5.90. The van der Waals surface area contributed by atoms with Gasteiger partial charge in [0.05, 0.1) is 4.90 Å². The van der Waals surface area contributed by atoms with E-state index in [1.54, 1.807) is 4.90 Å². The maximum Gasteiger partial charge on any atom is 0.435 e. The Hall–Kier alpha value is -3.23. The van der Waals surface area contributed by atoms with Crippen molar-refractivity contribution in [1.29, 1.82) is 0 Å². The Labute approximate surface area is 242 Å². The number of carbonyl (C=O) groups excluding carboxylic acids is 2. The fraction of sp³-hybridized carbons (Fsp3) is 0.500. The third-order valence-electron chi connectivity index (χ3n) is 8.36. The minimum absolute atomic E-state index is 0.0817. The number of alkyl halides is 7. The van der Waals surface area contributed by atoms with Crippen LogP contribution in [-0.2, 0) is 29.8 Å². The molecule has 43 heavy (non-hydrogen) atoms. The number of likely N-dealkylation sites (tertiary alicyclic amines) is 1. The number of carbonyl (C=O) groups is 2. The normalized spacial score (nSPS) is 22.4. The molecule has 1 saturated heterocycles. The molecule has 15 heteroatoms. The second-order valence-electron chi connectivity index (χ2n) is 10.9. The minimum atomic E-state index is -6.35. The lowest BCUT2D eigenvalue weighted by Gasteiger charge is -2.33. The maximum absolute atomic E-state index is 14.7. The predicted octanol–water partition coefficient (Wildman–Crippen LogP) is 5.71. The lowest BCUT2D eigenvalue weighted by Crippen LogP contribution is -2.50. The lowest BCUT2D eigenvalue weighted by molar-refractivity contribution is -0.348. The second kappa shape index (κ2) is 11.4. The van der Waals surface area contributed by atoms with E-state index in [9.17, 15) is 53.1 Å². The van der Waals surface area contributed by atoms with Gasteiger partial charge in [-0.3, -0.25) is 9.59 Å². The van der Waals surface area contributed by atoms with Gasteiger partial charge in [-0.1, -0.05) is 24.3 Å². The summed E-state index contributed by atoms with van der Waals surface area (Å²) in [6.07, 6.45) is -12.4. The minimum Gasteiger partial charge on any atom is -0.353 e. The molecule has 1 N–H and O–H groups in total. The second-order valence-corrected chi connectivity index (χ2v) is 13.2. The molecule has 2 aromatic carbocycles. The van der Waals surface area contributed by atoms with Crippen LogP contribution in [0.25, 0.3) is 0 Å². The van der Waals surface area contributed by atoms with Crippen LogP contribution >= 0.6 is 0 Å². The van der Waals surface area contributed by atoms with E-state index < -0.39 is 55.9 Å². The first-order valence-corrected chi connectivity index (χ1v) is 14.8. The van der Waals surface area contributed by atoms with Gasteiger partial charge in [-0.2, -0.15) is 26.3 Å². The van der Waals surface area contributed by atoms with Crippen molar-refractivity contribution in [2.24, 2.45) is 5.92 Å². The van der Waals surface area contributed by atoms with Gasteiger partial charge in [-0.25, -0.2) is 17.2 Å². The van der Waals surface area contributed by atoms with Gasteiger partial charge in [0.1, 0.15) is 10.6 Å². The van der Waals surface area contributed by atoms with E-state index in [0.29, 0.717) is 38.1 Å². The highest BCUT2D eigenvalue weighted by molar-refractivity contribution is 7.92. The zero-order valence-electron chi connectivity index (χ0n) is 22.7. The topological polar surface area (TPSA) is 83.6 Å². The number of rotatable bonds is 6. The fourth-order valence-corrected chi connectivity index (χ4v) is 8.10. The summed E-state index contributed by atoms with van der Waals surface area (Å²) < 4.78 is 134. The Morgan fingerprint density at radius 2 is 1.40 bits per heavy atom. The molecule has 236 valence electrons. The van der Waals surface area contributed by atoms with Crippen LogP contribution in [0.15, 0.2) is 53.4 Å². The number of halogens is 8. The molecular formula is C28H28F8N2O4S. The number of amides is 2. The van der Waals surface area contributed by atoms with Crippen molar-refractivity contribution in [3.8, 4) is 0 Å². The van der Waals surface area contributed by atoms with Gasteiger partial charge in [-0.05, 0) is 61.9 Å². The lowest BCUT2D eigenvalue weighted by atomic mass is 9.89. The van der Waals surface area contributed by atoms with Gasteiger partial charge in [0, 0.05) is 37.5 Å². The monoisotopic (exact) mass is 640 g/mol. The van der Waals surface area contributed by atoms with Crippen molar-refractivity contribution in [3.05, 3.63) is 65.5 Å². The average Bonchev–Trinajstić information content (AvgIpc) is 3.37. The third-order valence-corrected chi connectivity index (χ3v) is 10.9. The zero-order chi connectivity index (χ0) is 32.0. The predicted molar refractivity (Wildman–Crippen MR) is 137 cm³/mol. The molecule has 0 spiro atoms. The van der Waals surface area contributed by atoms with Crippen LogP contribution in [0.5, 0.6) is 0 Å². The van der Waals surface area contributed by atoms with Gasteiger partial charge in [0.15, 0.2) is 9.84 Å². The Morgan fingerprint density at radius 3 is 1.88 bits per heavy atom. The number of hydrogen-bond donors (Lipinski definition) is 1. The van der Waals surface area contributed by atoms with E-state index in [1.807, 2.05) is 0 Å². The molecule has 1 saturated carbocycles. The molecule has 1 aliphatic heterocycles. The molecule has 2 aromatic rings. The summed E-state index contributed by atoms with van der Waals surface area (Å²) >= 11 is 0. The van der Waals surface area contributed by atoms with Crippen LogP contribution in [0.4, 0.5) is 35.1 Å². The molecule has 0 aromatic heterocycles. The summed E-state index contributed by atoms with van der Waals surface area (Å²) in [5.41, 5.74) is -7.68. The van der Waals surface area contributed by atoms with Crippen LogP contribution in [0.2, 0.25) is 0 Å². The molecule has 2 amide bonds. The van der Waals surface area contributed by atoms with Crippen molar-refractivity contribution in [2.45, 2.75) is 72.7 Å². The van der Waals surface area contributed by atoms with E-state index in [0.717, 1.165) is 24.3 Å². The molecule has 0 radical (unpaired) electrons. The highest BCUT2D eigenvalue weighted by Gasteiger charge is 2.73. The number of benzene rings is 2. The molecule has 2 fully saturated rings. The number of hydrogen-bond acceptors (Lipinski definition) is 4. The molecule has 2 aliphatic rings. The first-order chi connectivity index (χ1) is 19.8. The van der Waals surface area contributed by atoms with Crippen LogP contribution in [0.1, 0.15) is 50.2 Å². The summed E-state index contributed by atoms with van der Waals surface area (Å²) in [4.78, 5) is 25.8. The van der Waals surface area contributed by atoms with Crippen molar-refractivity contribution >= 4 is 21.7 Å². The number of nitrogens with one attached hydrogen (secondary N) is 1. The maximum atomic E-state index is 14.7. The summed E-state index contributed by atoms with van der Waals surface area (Å²) in [6.45, 7) is 2.13. The van der Waals surface area contributed by atoms with Crippen molar-refractivity contribution < 1.29 is 53.1 Å². The van der Waals surface area contributed by atoms with E-state index in [4.69, 9.17) is 0 Å². The average molecular weight is 641 g/mol. The smallest absolute Gasteiger partial charge is 0.353 e. The quantitative estimate of drug-likeness (QED) is 0.324. The molecule has 2 atom stereocenters. The Morgan fingerprint density at radius 1 is 0.860 bits per heavy atom. The summed E-state index contributed by atoms with van der Waals surface area (Å²) in [5, 5.41) is 2.80. The van der Waals surface area contributed by atoms with E-state index in [1.165, 1.54) is 6.92 Å². The van der Waals surface area contributed by atoms with E-state index in [-0.39, 0.29) is 53.7 Å². The van der Waals surface area contributed by atoms with Gasteiger partial charge >= 0.3 is 18.0 Å². The Bertz CT molecular complexity index is 1440. The van der Waals surface area contributed by atoms with Gasteiger partial charge in [0.25, 0.3) is 0 Å². The molecule has 1 heterocycles. The van der Waals surface area contributed by atoms with E-state index >= 15 is 0 Å². The largest absolute Gasteiger partial charge is 0.435 e. The van der Waals surface area contributed by atoms with Gasteiger partial charge in [0.2, 0.25) is 11.8 Å². The number of piperidine rings is 1. The molecule has 4 rings (SSSR count). The molecule has 1 aliphatic carbocycles. The highest BCUT2D eigenvalue weighted by atomic mass is 32.2. The Balaban J connectivity index is 1.68. The SMILES string of the molecule is CC(=O)N1CCC(C(=O)N[C@@H]2CC[C@](c3ccc(C(F)(C(F)(F)F)C(F)(F)F)cc3)(S(=O)(=O)c3ccc(F)cc3)C2)CC1. The zero-order valence-corrected chi connectivity index (χ0v) is 23.6. The summed E-state index contributed by atoms with van der Waals surface area (Å²) in [7, 11) is -4.49. The van der Waals surface area contributed by atoms with Crippen molar-refractivity contribution in [1.82, 2.24) is 10.2 Å². The van der Waals surface area contributed by atoms with Crippen molar-refractivity contribution in [2.75, 3.05) is 13.1 Å². The first kappa shape index (κ1) is 32.7. The molecular weight excluding hydrogens is 612 g/mol.